The summed E-state index contributed by atoms with van der Waals surface area (Å²) >= 11 is 0. The van der Waals surface area contributed by atoms with Crippen molar-refractivity contribution in [2.45, 2.75) is 32.4 Å². The van der Waals surface area contributed by atoms with Crippen LogP contribution >= 0.6 is 0 Å². The second-order valence-electron chi connectivity index (χ2n) is 5.07. The molecule has 0 unspecified atom stereocenters. The molecule has 100 valence electrons. The van der Waals surface area contributed by atoms with Crippen LogP contribution in [0, 0.1) is 5.92 Å². The Morgan fingerprint density at radius 1 is 1.17 bits per heavy atom. The summed E-state index contributed by atoms with van der Waals surface area (Å²) in [5.41, 5.74) is 8.06. The minimum atomic E-state index is 0.617. The van der Waals surface area contributed by atoms with Gasteiger partial charge in [-0.15, -0.1) is 0 Å². The lowest BCUT2D eigenvalue weighted by molar-refractivity contribution is 0.122. The van der Waals surface area contributed by atoms with Gasteiger partial charge < -0.3 is 15.8 Å². The van der Waals surface area contributed by atoms with Gasteiger partial charge in [-0.2, -0.15) is 0 Å². The van der Waals surface area contributed by atoms with E-state index in [0.29, 0.717) is 6.54 Å². The molecule has 0 aromatic heterocycles. The van der Waals surface area contributed by atoms with Crippen LogP contribution in [0.2, 0.25) is 0 Å². The van der Waals surface area contributed by atoms with Crippen LogP contribution in [0.5, 0.6) is 0 Å². The van der Waals surface area contributed by atoms with E-state index in [1.165, 1.54) is 24.0 Å². The number of benzene rings is 1. The first-order chi connectivity index (χ1) is 8.88. The predicted octanol–water partition coefficient (Wildman–Crippen LogP) is 2.05. The zero-order chi connectivity index (χ0) is 12.6. The van der Waals surface area contributed by atoms with Crippen LogP contribution in [-0.4, -0.2) is 19.8 Å². The fourth-order valence-electron chi connectivity index (χ4n) is 1.86. The molecule has 1 aromatic rings. The minimum absolute atomic E-state index is 0.617. The number of rotatable bonds is 9. The summed E-state index contributed by atoms with van der Waals surface area (Å²) in [7, 11) is 0. The molecule has 0 spiro atoms. The second kappa shape index (κ2) is 7.52. The molecule has 0 radical (unpaired) electrons. The molecule has 0 amide bonds. The van der Waals surface area contributed by atoms with Crippen molar-refractivity contribution >= 4 is 0 Å². The summed E-state index contributed by atoms with van der Waals surface area (Å²) in [4.78, 5) is 0. The highest BCUT2D eigenvalue weighted by atomic mass is 16.5. The molecule has 0 saturated heterocycles. The van der Waals surface area contributed by atoms with Gasteiger partial charge in [-0.3, -0.25) is 0 Å². The van der Waals surface area contributed by atoms with E-state index in [0.717, 1.165) is 38.6 Å². The largest absolute Gasteiger partial charge is 0.381 e. The van der Waals surface area contributed by atoms with E-state index < -0.39 is 0 Å². The van der Waals surface area contributed by atoms with Crippen molar-refractivity contribution in [3.8, 4) is 0 Å². The highest BCUT2D eigenvalue weighted by molar-refractivity contribution is 5.22. The van der Waals surface area contributed by atoms with Gasteiger partial charge in [-0.1, -0.05) is 24.3 Å². The first kappa shape index (κ1) is 13.5. The summed E-state index contributed by atoms with van der Waals surface area (Å²) in [6.45, 7) is 4.42. The quantitative estimate of drug-likeness (QED) is 0.658. The molecule has 3 heteroatoms. The molecule has 0 bridgehead atoms. The van der Waals surface area contributed by atoms with E-state index in [9.17, 15) is 0 Å². The van der Waals surface area contributed by atoms with Gasteiger partial charge in [0.2, 0.25) is 0 Å². The Morgan fingerprint density at radius 2 is 1.89 bits per heavy atom. The van der Waals surface area contributed by atoms with Crippen LogP contribution in [0.25, 0.3) is 0 Å². The fraction of sp³-hybridized carbons (Fsp3) is 0.600. The lowest BCUT2D eigenvalue weighted by Crippen LogP contribution is -2.16. The highest BCUT2D eigenvalue weighted by Gasteiger charge is 2.20. The molecule has 1 fully saturated rings. The number of hydrogen-bond acceptors (Lipinski definition) is 3. The van der Waals surface area contributed by atoms with Crippen molar-refractivity contribution in [2.24, 2.45) is 11.7 Å². The molecule has 0 aliphatic heterocycles. The molecular formula is C15H24N2O. The van der Waals surface area contributed by atoms with Crippen LogP contribution in [-0.2, 0) is 17.8 Å². The van der Waals surface area contributed by atoms with E-state index >= 15 is 0 Å². The summed E-state index contributed by atoms with van der Waals surface area (Å²) in [5, 5.41) is 3.43. The SMILES string of the molecule is NCc1ccc(CNCCCOCC2CC2)cc1. The topological polar surface area (TPSA) is 47.3 Å². The minimum Gasteiger partial charge on any atom is -0.381 e. The number of nitrogens with two attached hydrogens (primary N) is 1. The summed E-state index contributed by atoms with van der Waals surface area (Å²) in [6.07, 6.45) is 3.84. The summed E-state index contributed by atoms with van der Waals surface area (Å²) in [6, 6.07) is 8.46. The summed E-state index contributed by atoms with van der Waals surface area (Å²) in [5.74, 6) is 0.874. The molecule has 0 atom stereocenters. The van der Waals surface area contributed by atoms with Crippen molar-refractivity contribution in [2.75, 3.05) is 19.8 Å². The van der Waals surface area contributed by atoms with Gasteiger partial charge >= 0.3 is 0 Å². The third kappa shape index (κ3) is 5.17. The van der Waals surface area contributed by atoms with E-state index in [4.69, 9.17) is 10.5 Å². The predicted molar refractivity (Wildman–Crippen MR) is 74.2 cm³/mol. The number of nitrogens with one attached hydrogen (secondary N) is 1. The van der Waals surface area contributed by atoms with Crippen LogP contribution in [0.3, 0.4) is 0 Å². The average molecular weight is 248 g/mol. The number of hydrogen-bond donors (Lipinski definition) is 2. The summed E-state index contributed by atoms with van der Waals surface area (Å²) < 4.78 is 5.59. The van der Waals surface area contributed by atoms with Crippen molar-refractivity contribution in [1.29, 1.82) is 0 Å². The molecule has 3 N–H and O–H groups in total. The van der Waals surface area contributed by atoms with Gasteiger partial charge in [-0.25, -0.2) is 0 Å². The monoisotopic (exact) mass is 248 g/mol. The molecule has 0 heterocycles. The molecule has 1 saturated carbocycles. The highest BCUT2D eigenvalue weighted by Crippen LogP contribution is 2.28. The van der Waals surface area contributed by atoms with E-state index in [2.05, 4.69) is 29.6 Å². The second-order valence-corrected chi connectivity index (χ2v) is 5.07. The maximum atomic E-state index is 5.59. The third-order valence-electron chi connectivity index (χ3n) is 3.28. The van der Waals surface area contributed by atoms with Crippen LogP contribution in [0.1, 0.15) is 30.4 Å². The zero-order valence-corrected chi connectivity index (χ0v) is 11.0. The molecule has 2 rings (SSSR count). The molecule has 1 aromatic carbocycles. The van der Waals surface area contributed by atoms with Crippen LogP contribution in [0.15, 0.2) is 24.3 Å². The first-order valence-electron chi connectivity index (χ1n) is 6.95. The zero-order valence-electron chi connectivity index (χ0n) is 11.0. The van der Waals surface area contributed by atoms with Crippen molar-refractivity contribution < 1.29 is 4.74 Å². The molecule has 18 heavy (non-hydrogen) atoms. The Hall–Kier alpha value is -0.900. The lowest BCUT2D eigenvalue weighted by Gasteiger charge is -2.06. The fourth-order valence-corrected chi connectivity index (χ4v) is 1.86. The Kier molecular flexibility index (Phi) is 5.65. The molecule has 3 nitrogen and oxygen atoms in total. The standard InChI is InChI=1S/C15H24N2O/c16-10-13-2-4-14(5-3-13)11-17-8-1-9-18-12-15-6-7-15/h2-5,15,17H,1,6-12,16H2. The maximum absolute atomic E-state index is 5.59. The van der Waals surface area contributed by atoms with E-state index in [-0.39, 0.29) is 0 Å². The smallest absolute Gasteiger partial charge is 0.0494 e. The van der Waals surface area contributed by atoms with Gasteiger partial charge in [0.05, 0.1) is 0 Å². The van der Waals surface area contributed by atoms with Gasteiger partial charge in [0.25, 0.3) is 0 Å². The Bertz CT molecular complexity index is 333. The molecular weight excluding hydrogens is 224 g/mol. The average Bonchev–Trinajstić information content (AvgIpc) is 3.22. The third-order valence-corrected chi connectivity index (χ3v) is 3.28. The first-order valence-corrected chi connectivity index (χ1v) is 6.95. The lowest BCUT2D eigenvalue weighted by atomic mass is 10.1. The van der Waals surface area contributed by atoms with Crippen LogP contribution < -0.4 is 11.1 Å². The Morgan fingerprint density at radius 3 is 2.56 bits per heavy atom. The Balaban J connectivity index is 1.48. The van der Waals surface area contributed by atoms with Gasteiger partial charge in [0.15, 0.2) is 0 Å². The van der Waals surface area contributed by atoms with Gasteiger partial charge in [0, 0.05) is 26.3 Å². The Labute approximate surface area is 110 Å². The maximum Gasteiger partial charge on any atom is 0.0494 e. The van der Waals surface area contributed by atoms with Crippen molar-refractivity contribution in [1.82, 2.24) is 5.32 Å². The number of ether oxygens (including phenoxy) is 1. The van der Waals surface area contributed by atoms with Gasteiger partial charge in [-0.05, 0) is 42.9 Å². The normalized spacial score (nSPS) is 14.9. The van der Waals surface area contributed by atoms with Crippen molar-refractivity contribution in [3.63, 3.8) is 0 Å². The van der Waals surface area contributed by atoms with Crippen molar-refractivity contribution in [3.05, 3.63) is 35.4 Å². The molecule has 1 aliphatic rings. The molecule has 1 aliphatic carbocycles. The van der Waals surface area contributed by atoms with Gasteiger partial charge in [0.1, 0.15) is 0 Å². The van der Waals surface area contributed by atoms with E-state index in [1.807, 2.05) is 0 Å². The van der Waals surface area contributed by atoms with Crippen LogP contribution in [0.4, 0.5) is 0 Å². The van der Waals surface area contributed by atoms with E-state index in [1.54, 1.807) is 0 Å².